The second-order valence-corrected chi connectivity index (χ2v) is 5.04. The molecule has 0 saturated heterocycles. The molecule has 0 aromatic rings. The Morgan fingerprint density at radius 2 is 1.94 bits per heavy atom. The van der Waals surface area contributed by atoms with Crippen LogP contribution in [0.15, 0.2) is 0 Å². The molecule has 0 aromatic heterocycles. The fraction of sp³-hybridized carbons (Fsp3) is 0.833. The largest absolute Gasteiger partial charge is 0.466 e. The average Bonchev–Trinajstić information content (AvgIpc) is 2.22. The topological polar surface area (TPSA) is 81.4 Å². The molecule has 17 heavy (non-hydrogen) atoms. The van der Waals surface area contributed by atoms with E-state index in [1.807, 2.05) is 20.8 Å². The lowest BCUT2D eigenvalue weighted by atomic mass is 9.87. The van der Waals surface area contributed by atoms with Gasteiger partial charge in [0.05, 0.1) is 12.6 Å². The summed E-state index contributed by atoms with van der Waals surface area (Å²) in [4.78, 5) is 22.6. The zero-order valence-corrected chi connectivity index (χ0v) is 11.2. The highest BCUT2D eigenvalue weighted by Crippen LogP contribution is 2.16. The van der Waals surface area contributed by atoms with Gasteiger partial charge >= 0.3 is 5.97 Å². The molecule has 0 unspecified atom stereocenters. The van der Waals surface area contributed by atoms with Gasteiger partial charge in [0.25, 0.3) is 0 Å². The maximum Gasteiger partial charge on any atom is 0.305 e. The Labute approximate surface area is 103 Å². The Bertz CT molecular complexity index is 259. The van der Waals surface area contributed by atoms with Crippen molar-refractivity contribution in [1.29, 1.82) is 0 Å². The lowest BCUT2D eigenvalue weighted by Gasteiger charge is -2.25. The zero-order valence-electron chi connectivity index (χ0n) is 11.2. The molecule has 0 fully saturated rings. The van der Waals surface area contributed by atoms with Crippen LogP contribution in [0, 0.1) is 5.41 Å². The molecule has 0 aliphatic heterocycles. The third kappa shape index (κ3) is 6.94. The molecule has 1 atom stereocenters. The van der Waals surface area contributed by atoms with Gasteiger partial charge in [0.1, 0.15) is 0 Å². The maximum absolute atomic E-state index is 11.6. The number of esters is 1. The van der Waals surface area contributed by atoms with Crippen LogP contribution in [0.2, 0.25) is 0 Å². The van der Waals surface area contributed by atoms with E-state index in [1.54, 1.807) is 6.92 Å². The molecule has 0 aromatic carbocycles. The van der Waals surface area contributed by atoms with Crippen molar-refractivity contribution in [2.24, 2.45) is 11.1 Å². The number of carbonyl (C=O) groups excluding carboxylic acids is 2. The van der Waals surface area contributed by atoms with E-state index in [-0.39, 0.29) is 17.3 Å². The van der Waals surface area contributed by atoms with Crippen LogP contribution >= 0.6 is 0 Å². The summed E-state index contributed by atoms with van der Waals surface area (Å²) in [6.07, 6.45) is 0.889. The van der Waals surface area contributed by atoms with Crippen LogP contribution < -0.4 is 11.1 Å². The van der Waals surface area contributed by atoms with E-state index in [0.717, 1.165) is 0 Å². The van der Waals surface area contributed by atoms with Gasteiger partial charge in [0, 0.05) is 13.0 Å². The van der Waals surface area contributed by atoms with Crippen LogP contribution in [0.5, 0.6) is 0 Å². The van der Waals surface area contributed by atoms with Crippen molar-refractivity contribution in [3.8, 4) is 0 Å². The summed E-state index contributed by atoms with van der Waals surface area (Å²) in [6.45, 7) is 8.34. The maximum atomic E-state index is 11.6. The number of amides is 1. The Hall–Kier alpha value is -1.10. The van der Waals surface area contributed by atoms with Crippen LogP contribution in [-0.2, 0) is 14.3 Å². The molecular formula is C12H24N2O3. The van der Waals surface area contributed by atoms with Gasteiger partial charge in [-0.3, -0.25) is 9.59 Å². The number of carbonyl (C=O) groups is 2. The molecule has 5 heteroatoms. The predicted octanol–water partition coefficient (Wildman–Crippen LogP) is 0.819. The molecule has 0 aliphatic rings. The zero-order chi connectivity index (χ0) is 13.5. The van der Waals surface area contributed by atoms with Crippen molar-refractivity contribution in [2.45, 2.75) is 46.6 Å². The summed E-state index contributed by atoms with van der Waals surface area (Å²) in [5, 5.41) is 2.71. The van der Waals surface area contributed by atoms with Crippen LogP contribution in [0.25, 0.3) is 0 Å². The number of rotatable bonds is 6. The van der Waals surface area contributed by atoms with Crippen molar-refractivity contribution >= 4 is 11.9 Å². The van der Waals surface area contributed by atoms with Crippen molar-refractivity contribution in [3.05, 3.63) is 0 Å². The first-order chi connectivity index (χ1) is 7.79. The quantitative estimate of drug-likeness (QED) is 0.535. The molecule has 0 spiro atoms. The van der Waals surface area contributed by atoms with Gasteiger partial charge in [-0.2, -0.15) is 0 Å². The molecule has 0 heterocycles. The third-order valence-electron chi connectivity index (χ3n) is 2.38. The fourth-order valence-electron chi connectivity index (χ4n) is 1.18. The number of hydrogen-bond acceptors (Lipinski definition) is 4. The van der Waals surface area contributed by atoms with Gasteiger partial charge in [0.2, 0.25) is 5.91 Å². The Morgan fingerprint density at radius 3 is 2.41 bits per heavy atom. The van der Waals surface area contributed by atoms with E-state index < -0.39 is 6.04 Å². The first-order valence-electron chi connectivity index (χ1n) is 5.98. The van der Waals surface area contributed by atoms with Gasteiger partial charge < -0.3 is 15.8 Å². The third-order valence-corrected chi connectivity index (χ3v) is 2.38. The number of ether oxygens (including phenoxy) is 1. The molecule has 5 nitrogen and oxygen atoms in total. The molecule has 100 valence electrons. The van der Waals surface area contributed by atoms with Gasteiger partial charge in [-0.25, -0.2) is 0 Å². The predicted molar refractivity (Wildman–Crippen MR) is 66.3 cm³/mol. The number of nitrogens with two attached hydrogens (primary N) is 1. The highest BCUT2D eigenvalue weighted by atomic mass is 16.5. The first-order valence-corrected chi connectivity index (χ1v) is 5.98. The SMILES string of the molecule is CCOC(=O)CCCNC(=O)[C@H](N)C(C)(C)C. The van der Waals surface area contributed by atoms with Crippen molar-refractivity contribution in [1.82, 2.24) is 5.32 Å². The summed E-state index contributed by atoms with van der Waals surface area (Å²) in [6, 6.07) is -0.537. The number of nitrogens with one attached hydrogen (secondary N) is 1. The van der Waals surface area contributed by atoms with Crippen molar-refractivity contribution in [2.75, 3.05) is 13.2 Å². The van der Waals surface area contributed by atoms with E-state index >= 15 is 0 Å². The standard InChI is InChI=1S/C12H24N2O3/c1-5-17-9(15)7-6-8-14-11(16)10(13)12(2,3)4/h10H,5-8,13H2,1-4H3,(H,14,16)/t10-/m0/s1. The lowest BCUT2D eigenvalue weighted by molar-refractivity contribution is -0.143. The van der Waals surface area contributed by atoms with E-state index in [2.05, 4.69) is 5.32 Å². The summed E-state index contributed by atoms with van der Waals surface area (Å²) in [7, 11) is 0. The minimum Gasteiger partial charge on any atom is -0.466 e. The van der Waals surface area contributed by atoms with Gasteiger partial charge in [0.15, 0.2) is 0 Å². The summed E-state index contributed by atoms with van der Waals surface area (Å²) in [5.74, 6) is -0.414. The minimum atomic E-state index is -0.537. The highest BCUT2D eigenvalue weighted by Gasteiger charge is 2.26. The normalized spacial score (nSPS) is 13.0. The van der Waals surface area contributed by atoms with Crippen LogP contribution in [-0.4, -0.2) is 31.1 Å². The van der Waals surface area contributed by atoms with E-state index in [4.69, 9.17) is 10.5 Å². The fourth-order valence-corrected chi connectivity index (χ4v) is 1.18. The number of hydrogen-bond donors (Lipinski definition) is 2. The average molecular weight is 244 g/mol. The molecule has 0 bridgehead atoms. The van der Waals surface area contributed by atoms with Crippen LogP contribution in [0.3, 0.4) is 0 Å². The molecule has 0 saturated carbocycles. The van der Waals surface area contributed by atoms with E-state index in [9.17, 15) is 9.59 Å². The van der Waals surface area contributed by atoms with Gasteiger partial charge in [-0.05, 0) is 18.8 Å². The molecule has 0 rings (SSSR count). The molecule has 3 N–H and O–H groups in total. The molecule has 1 amide bonds. The highest BCUT2D eigenvalue weighted by molar-refractivity contribution is 5.82. The Morgan fingerprint density at radius 1 is 1.35 bits per heavy atom. The lowest BCUT2D eigenvalue weighted by Crippen LogP contribution is -2.48. The molecular weight excluding hydrogens is 220 g/mol. The first kappa shape index (κ1) is 15.9. The van der Waals surface area contributed by atoms with E-state index in [1.165, 1.54) is 0 Å². The summed E-state index contributed by atoms with van der Waals surface area (Å²) in [5.41, 5.74) is 5.52. The van der Waals surface area contributed by atoms with Crippen LogP contribution in [0.4, 0.5) is 0 Å². The van der Waals surface area contributed by atoms with Gasteiger partial charge in [-0.15, -0.1) is 0 Å². The van der Waals surface area contributed by atoms with Crippen LogP contribution in [0.1, 0.15) is 40.5 Å². The minimum absolute atomic E-state index is 0.179. The Balaban J connectivity index is 3.76. The van der Waals surface area contributed by atoms with Gasteiger partial charge in [-0.1, -0.05) is 20.8 Å². The summed E-state index contributed by atoms with van der Waals surface area (Å²) < 4.78 is 4.77. The Kier molecular flexibility index (Phi) is 6.80. The molecule has 0 aliphatic carbocycles. The monoisotopic (exact) mass is 244 g/mol. The van der Waals surface area contributed by atoms with E-state index in [0.29, 0.717) is 26.0 Å². The second-order valence-electron chi connectivity index (χ2n) is 5.04. The molecule has 0 radical (unpaired) electrons. The van der Waals surface area contributed by atoms with Crippen molar-refractivity contribution < 1.29 is 14.3 Å². The smallest absolute Gasteiger partial charge is 0.305 e. The van der Waals surface area contributed by atoms with Crippen molar-refractivity contribution in [3.63, 3.8) is 0 Å². The second kappa shape index (κ2) is 7.27. The summed E-state index contributed by atoms with van der Waals surface area (Å²) >= 11 is 0.